The molecule has 1 amide bonds. The van der Waals surface area contributed by atoms with E-state index in [4.69, 9.17) is 0 Å². The topological polar surface area (TPSA) is 104 Å². The maximum absolute atomic E-state index is 12.2. The fourth-order valence-electron chi connectivity index (χ4n) is 2.07. The third-order valence-electron chi connectivity index (χ3n) is 3.17. The second-order valence-corrected chi connectivity index (χ2v) is 4.58. The van der Waals surface area contributed by atoms with E-state index < -0.39 is 18.1 Å². The number of rotatable bonds is 1. The van der Waals surface area contributed by atoms with E-state index in [2.05, 4.69) is 15.1 Å². The number of aryl methyl sites for hydroxylation is 1. The predicted octanol–water partition coefficient (Wildman–Crippen LogP) is -1.39. The molecule has 1 fully saturated rings. The van der Waals surface area contributed by atoms with Gasteiger partial charge in [0, 0.05) is 25.0 Å². The number of fused-ring (bicyclic) bond motifs is 1. The highest BCUT2D eigenvalue weighted by Gasteiger charge is 2.34. The summed E-state index contributed by atoms with van der Waals surface area (Å²) in [6.45, 7) is 2.00. The molecule has 0 radical (unpaired) electrons. The fraction of sp³-hybridized carbons (Fsp3) is 0.455. The normalized spacial score (nSPS) is 23.2. The van der Waals surface area contributed by atoms with Crippen LogP contribution in [0.1, 0.15) is 16.3 Å². The van der Waals surface area contributed by atoms with Crippen molar-refractivity contribution in [3.05, 3.63) is 23.8 Å². The summed E-state index contributed by atoms with van der Waals surface area (Å²) in [5.41, 5.74) is 0.818. The van der Waals surface area contributed by atoms with E-state index in [1.165, 1.54) is 9.42 Å². The van der Waals surface area contributed by atoms with Crippen molar-refractivity contribution < 1.29 is 15.0 Å². The third-order valence-corrected chi connectivity index (χ3v) is 3.17. The lowest BCUT2D eigenvalue weighted by atomic mass is 10.3. The van der Waals surface area contributed by atoms with Crippen LogP contribution in [0.4, 0.5) is 0 Å². The van der Waals surface area contributed by atoms with E-state index in [-0.39, 0.29) is 18.9 Å². The van der Waals surface area contributed by atoms with Gasteiger partial charge < -0.3 is 15.1 Å². The molecule has 100 valence electrons. The predicted molar refractivity (Wildman–Crippen MR) is 63.4 cm³/mol. The van der Waals surface area contributed by atoms with Gasteiger partial charge in [-0.2, -0.15) is 4.98 Å². The summed E-state index contributed by atoms with van der Waals surface area (Å²) < 4.78 is 1.48. The number of aliphatic hydroxyl groups is 2. The monoisotopic (exact) mass is 263 g/mol. The minimum Gasteiger partial charge on any atom is -0.388 e. The number of β-amino-alcohol motifs (C(OH)–C–C–N with tert-alkyl or cyclic N) is 2. The largest absolute Gasteiger partial charge is 0.388 e. The number of carbonyl (C=O) groups excluding carboxylic acids is 1. The third kappa shape index (κ3) is 1.94. The van der Waals surface area contributed by atoms with Crippen molar-refractivity contribution in [1.29, 1.82) is 0 Å². The van der Waals surface area contributed by atoms with Crippen molar-refractivity contribution >= 4 is 11.7 Å². The Balaban J connectivity index is 1.92. The highest BCUT2D eigenvalue weighted by molar-refractivity contribution is 5.91. The molecule has 0 spiro atoms. The fourth-order valence-corrected chi connectivity index (χ4v) is 2.07. The van der Waals surface area contributed by atoms with Crippen LogP contribution in [0.5, 0.6) is 0 Å². The van der Waals surface area contributed by atoms with Gasteiger partial charge in [0.15, 0.2) is 0 Å². The van der Waals surface area contributed by atoms with E-state index in [0.717, 1.165) is 5.69 Å². The first kappa shape index (κ1) is 12.0. The number of aromatic nitrogens is 4. The molecule has 0 aliphatic carbocycles. The molecular weight excluding hydrogens is 250 g/mol. The summed E-state index contributed by atoms with van der Waals surface area (Å²) in [6.07, 6.45) is -0.238. The lowest BCUT2D eigenvalue weighted by Crippen LogP contribution is -2.30. The van der Waals surface area contributed by atoms with Gasteiger partial charge in [-0.1, -0.05) is 0 Å². The van der Waals surface area contributed by atoms with Gasteiger partial charge in [0.25, 0.3) is 11.7 Å². The molecule has 2 aromatic rings. The molecule has 1 saturated heterocycles. The number of aliphatic hydroxyl groups excluding tert-OH is 2. The Hall–Kier alpha value is -2.06. The number of nitrogens with zero attached hydrogens (tertiary/aromatic N) is 5. The highest BCUT2D eigenvalue weighted by atomic mass is 16.3. The average molecular weight is 263 g/mol. The molecule has 2 atom stereocenters. The summed E-state index contributed by atoms with van der Waals surface area (Å²) in [7, 11) is 0. The van der Waals surface area contributed by atoms with Gasteiger partial charge in [0.1, 0.15) is 0 Å². The first-order chi connectivity index (χ1) is 9.06. The van der Waals surface area contributed by atoms with Crippen LogP contribution in [-0.4, -0.2) is 65.9 Å². The first-order valence-corrected chi connectivity index (χ1v) is 5.90. The first-order valence-electron chi connectivity index (χ1n) is 5.90. The van der Waals surface area contributed by atoms with Crippen LogP contribution < -0.4 is 0 Å². The van der Waals surface area contributed by atoms with Gasteiger partial charge in [0.2, 0.25) is 5.82 Å². The number of amides is 1. The summed E-state index contributed by atoms with van der Waals surface area (Å²) in [5.74, 6) is -0.0488. The summed E-state index contributed by atoms with van der Waals surface area (Å²) in [4.78, 5) is 21.6. The molecule has 0 aromatic carbocycles. The molecule has 1 aliphatic heterocycles. The summed E-state index contributed by atoms with van der Waals surface area (Å²) in [5, 5.41) is 23.0. The molecule has 19 heavy (non-hydrogen) atoms. The van der Waals surface area contributed by atoms with Crippen LogP contribution in [0.3, 0.4) is 0 Å². The van der Waals surface area contributed by atoms with Crippen LogP contribution in [0.2, 0.25) is 0 Å². The van der Waals surface area contributed by atoms with Gasteiger partial charge >= 0.3 is 0 Å². The highest BCUT2D eigenvalue weighted by Crippen LogP contribution is 2.13. The van der Waals surface area contributed by atoms with Gasteiger partial charge in [-0.25, -0.2) is 9.50 Å². The zero-order chi connectivity index (χ0) is 13.6. The van der Waals surface area contributed by atoms with Gasteiger partial charge in [-0.3, -0.25) is 4.79 Å². The van der Waals surface area contributed by atoms with Crippen molar-refractivity contribution in [2.45, 2.75) is 19.1 Å². The van der Waals surface area contributed by atoms with E-state index >= 15 is 0 Å². The molecule has 8 nitrogen and oxygen atoms in total. The molecule has 0 saturated carbocycles. The quantitative estimate of drug-likeness (QED) is 0.656. The summed E-state index contributed by atoms with van der Waals surface area (Å²) in [6, 6.07) is 1.76. The molecule has 3 heterocycles. The number of likely N-dealkylation sites (tertiary alicyclic amines) is 1. The number of carbonyl (C=O) groups is 1. The second-order valence-electron chi connectivity index (χ2n) is 4.58. The molecule has 8 heteroatoms. The van der Waals surface area contributed by atoms with Crippen LogP contribution >= 0.6 is 0 Å². The molecule has 0 unspecified atom stereocenters. The van der Waals surface area contributed by atoms with Crippen LogP contribution in [0, 0.1) is 6.92 Å². The van der Waals surface area contributed by atoms with Crippen LogP contribution in [0.25, 0.3) is 5.78 Å². The Bertz CT molecular complexity index is 630. The van der Waals surface area contributed by atoms with Crippen molar-refractivity contribution in [2.75, 3.05) is 13.1 Å². The van der Waals surface area contributed by atoms with E-state index in [9.17, 15) is 15.0 Å². The molecule has 2 N–H and O–H groups in total. The van der Waals surface area contributed by atoms with Crippen molar-refractivity contribution in [3.8, 4) is 0 Å². The maximum Gasteiger partial charge on any atom is 0.293 e. The maximum atomic E-state index is 12.2. The number of hydrogen-bond donors (Lipinski definition) is 2. The Labute approximate surface area is 108 Å². The lowest BCUT2D eigenvalue weighted by Gasteiger charge is -2.12. The average Bonchev–Trinajstić information content (AvgIpc) is 2.94. The van der Waals surface area contributed by atoms with Crippen LogP contribution in [-0.2, 0) is 0 Å². The standard InChI is InChI=1S/C11H13N5O3/c1-6-2-3-12-11-13-9(14-16(6)11)10(19)15-4-7(17)8(18)5-15/h2-3,7-8,17-18H,4-5H2,1H3/t7-,8+. The van der Waals surface area contributed by atoms with Crippen molar-refractivity contribution in [2.24, 2.45) is 0 Å². The number of hydrogen-bond acceptors (Lipinski definition) is 6. The Morgan fingerprint density at radius 3 is 2.68 bits per heavy atom. The van der Waals surface area contributed by atoms with Crippen molar-refractivity contribution in [3.63, 3.8) is 0 Å². The Kier molecular flexibility index (Phi) is 2.68. The summed E-state index contributed by atoms with van der Waals surface area (Å²) >= 11 is 0. The zero-order valence-corrected chi connectivity index (χ0v) is 10.3. The lowest BCUT2D eigenvalue weighted by molar-refractivity contribution is 0.0572. The Morgan fingerprint density at radius 1 is 1.37 bits per heavy atom. The molecule has 1 aliphatic rings. The Morgan fingerprint density at radius 2 is 2.05 bits per heavy atom. The molecule has 2 aromatic heterocycles. The molecule has 3 rings (SSSR count). The second kappa shape index (κ2) is 4.25. The van der Waals surface area contributed by atoms with E-state index in [1.54, 1.807) is 12.3 Å². The van der Waals surface area contributed by atoms with Gasteiger partial charge in [0.05, 0.1) is 12.2 Å². The van der Waals surface area contributed by atoms with E-state index in [1.807, 2.05) is 6.92 Å². The molecule has 0 bridgehead atoms. The van der Waals surface area contributed by atoms with Gasteiger partial charge in [-0.05, 0) is 13.0 Å². The van der Waals surface area contributed by atoms with Crippen molar-refractivity contribution in [1.82, 2.24) is 24.5 Å². The minimum atomic E-state index is -0.916. The smallest absolute Gasteiger partial charge is 0.293 e. The van der Waals surface area contributed by atoms with Crippen LogP contribution in [0.15, 0.2) is 12.3 Å². The molecular formula is C11H13N5O3. The SMILES string of the molecule is Cc1ccnc2nc(C(=O)N3C[C@@H](O)[C@@H](O)C3)nn12. The zero-order valence-electron chi connectivity index (χ0n) is 10.3. The van der Waals surface area contributed by atoms with Gasteiger partial charge in [-0.15, -0.1) is 5.10 Å². The minimum absolute atomic E-state index is 0.0168. The van der Waals surface area contributed by atoms with E-state index in [0.29, 0.717) is 5.78 Å².